The van der Waals surface area contributed by atoms with Gasteiger partial charge in [-0.2, -0.15) is 0 Å². The van der Waals surface area contributed by atoms with E-state index in [4.69, 9.17) is 9.84 Å². The lowest BCUT2D eigenvalue weighted by molar-refractivity contribution is -0.131. The van der Waals surface area contributed by atoms with Crippen molar-refractivity contribution < 1.29 is 19.4 Å². The number of halogens is 1. The first-order valence-corrected chi connectivity index (χ1v) is 5.45. The van der Waals surface area contributed by atoms with Crippen molar-refractivity contribution in [3.63, 3.8) is 0 Å². The normalized spacial score (nSPS) is 26.9. The maximum atomic E-state index is 11.2. The smallest absolute Gasteiger partial charge is 0.404 e. The lowest BCUT2D eigenvalue weighted by Crippen LogP contribution is -2.44. The van der Waals surface area contributed by atoms with Crippen molar-refractivity contribution in [1.82, 2.24) is 5.32 Å². The summed E-state index contributed by atoms with van der Waals surface area (Å²) >= 11 is 3.07. The summed E-state index contributed by atoms with van der Waals surface area (Å²) in [6, 6.07) is -0.188. The molecule has 1 saturated heterocycles. The van der Waals surface area contributed by atoms with Gasteiger partial charge >= 0.3 is 6.09 Å². The zero-order valence-electron chi connectivity index (χ0n) is 7.53. The van der Waals surface area contributed by atoms with Crippen molar-refractivity contribution in [3.05, 3.63) is 0 Å². The highest BCUT2D eigenvalue weighted by Crippen LogP contribution is 2.15. The second kappa shape index (κ2) is 5.31. The van der Waals surface area contributed by atoms with Gasteiger partial charge in [0.25, 0.3) is 0 Å². The van der Waals surface area contributed by atoms with E-state index in [1.165, 1.54) is 0 Å². The molecule has 2 N–H and O–H groups in total. The van der Waals surface area contributed by atoms with Crippen molar-refractivity contribution in [1.29, 1.82) is 0 Å². The summed E-state index contributed by atoms with van der Waals surface area (Å²) in [5, 5.41) is 11.1. The second-order valence-electron chi connectivity index (χ2n) is 3.15. The highest BCUT2D eigenvalue weighted by Gasteiger charge is 2.26. The van der Waals surface area contributed by atoms with Gasteiger partial charge in [-0.25, -0.2) is 4.79 Å². The monoisotopic (exact) mass is 265 g/mol. The fraction of sp³-hybridized carbons (Fsp3) is 0.750. The molecule has 0 aromatic carbocycles. The van der Waals surface area contributed by atoms with E-state index in [0.717, 1.165) is 0 Å². The van der Waals surface area contributed by atoms with Crippen LogP contribution in [-0.2, 0) is 9.53 Å². The number of alkyl halides is 1. The molecule has 14 heavy (non-hydrogen) atoms. The predicted molar refractivity (Wildman–Crippen MR) is 52.7 cm³/mol. The molecule has 0 unspecified atom stereocenters. The van der Waals surface area contributed by atoms with E-state index >= 15 is 0 Å². The minimum absolute atomic E-state index is 0.0128. The molecule has 0 aromatic rings. The number of carboxylic acid groups (broad SMARTS) is 1. The third kappa shape index (κ3) is 3.26. The Balaban J connectivity index is 2.31. The molecule has 80 valence electrons. The molecule has 1 fully saturated rings. The van der Waals surface area contributed by atoms with Crippen LogP contribution in [0.1, 0.15) is 12.8 Å². The molecule has 0 saturated carbocycles. The predicted octanol–water partition coefficient (Wildman–Crippen LogP) is 0.766. The number of carbonyl (C=O) groups is 2. The van der Waals surface area contributed by atoms with E-state index in [2.05, 4.69) is 21.2 Å². The zero-order chi connectivity index (χ0) is 10.6. The van der Waals surface area contributed by atoms with Crippen LogP contribution in [0.5, 0.6) is 0 Å². The van der Waals surface area contributed by atoms with E-state index < -0.39 is 6.09 Å². The maximum Gasteiger partial charge on any atom is 0.404 e. The molecule has 2 atom stereocenters. The molecule has 1 heterocycles. The van der Waals surface area contributed by atoms with Crippen LogP contribution in [0.15, 0.2) is 0 Å². The van der Waals surface area contributed by atoms with Crippen LogP contribution >= 0.6 is 15.9 Å². The minimum Gasteiger partial charge on any atom is -0.465 e. The molecule has 0 spiro atoms. The van der Waals surface area contributed by atoms with Crippen LogP contribution in [0.3, 0.4) is 0 Å². The van der Waals surface area contributed by atoms with Crippen molar-refractivity contribution in [2.45, 2.75) is 25.0 Å². The Morgan fingerprint density at radius 2 is 2.21 bits per heavy atom. The first kappa shape index (κ1) is 11.5. The van der Waals surface area contributed by atoms with Crippen molar-refractivity contribution in [2.24, 2.45) is 0 Å². The lowest BCUT2D eigenvalue weighted by Gasteiger charge is -2.27. The fourth-order valence-electron chi connectivity index (χ4n) is 1.38. The van der Waals surface area contributed by atoms with E-state index in [1.807, 2.05) is 0 Å². The molecule has 1 rings (SSSR count). The molecule has 1 aliphatic rings. The van der Waals surface area contributed by atoms with Gasteiger partial charge in [0.15, 0.2) is 5.78 Å². The third-order valence-corrected chi connectivity index (χ3v) is 2.65. The van der Waals surface area contributed by atoms with Gasteiger partial charge in [-0.3, -0.25) is 4.79 Å². The van der Waals surface area contributed by atoms with Crippen LogP contribution in [0, 0.1) is 0 Å². The van der Waals surface area contributed by atoms with Gasteiger partial charge < -0.3 is 15.2 Å². The number of amides is 1. The van der Waals surface area contributed by atoms with Gasteiger partial charge in [-0.15, -0.1) is 0 Å². The number of hydrogen-bond donors (Lipinski definition) is 2. The van der Waals surface area contributed by atoms with Crippen molar-refractivity contribution in [3.8, 4) is 0 Å². The van der Waals surface area contributed by atoms with Crippen LogP contribution in [0.4, 0.5) is 4.79 Å². The molecule has 0 radical (unpaired) electrons. The number of hydrogen-bond acceptors (Lipinski definition) is 3. The summed E-state index contributed by atoms with van der Waals surface area (Å²) in [5.41, 5.74) is 0. The molecule has 6 heteroatoms. The summed E-state index contributed by atoms with van der Waals surface area (Å²) in [7, 11) is 0. The van der Waals surface area contributed by atoms with Gasteiger partial charge in [0.2, 0.25) is 0 Å². The van der Waals surface area contributed by atoms with Crippen molar-refractivity contribution >= 4 is 27.8 Å². The van der Waals surface area contributed by atoms with Gasteiger partial charge in [0.1, 0.15) is 6.10 Å². The average molecular weight is 266 g/mol. The van der Waals surface area contributed by atoms with Gasteiger partial charge in [-0.1, -0.05) is 15.9 Å². The molecule has 1 amide bonds. The SMILES string of the molecule is O=C(O)N[C@@H]1CC[C@@H](C(=O)CBr)OC1. The van der Waals surface area contributed by atoms with Gasteiger partial charge in [0, 0.05) is 0 Å². The molecule has 1 aliphatic heterocycles. The van der Waals surface area contributed by atoms with E-state index in [9.17, 15) is 9.59 Å². The highest BCUT2D eigenvalue weighted by atomic mass is 79.9. The summed E-state index contributed by atoms with van der Waals surface area (Å²) in [5.74, 6) is 0.0128. The average Bonchev–Trinajstić information content (AvgIpc) is 2.17. The van der Waals surface area contributed by atoms with E-state index in [-0.39, 0.29) is 29.9 Å². The highest BCUT2D eigenvalue weighted by molar-refractivity contribution is 9.09. The molecule has 5 nitrogen and oxygen atoms in total. The first-order chi connectivity index (χ1) is 6.63. The van der Waals surface area contributed by atoms with Crippen LogP contribution in [0.25, 0.3) is 0 Å². The summed E-state index contributed by atoms with van der Waals surface area (Å²) < 4.78 is 5.24. The molecule has 0 aromatic heterocycles. The van der Waals surface area contributed by atoms with Crippen LogP contribution in [-0.4, -0.2) is 41.1 Å². The second-order valence-corrected chi connectivity index (χ2v) is 3.71. The fourth-order valence-corrected chi connectivity index (χ4v) is 1.74. The topological polar surface area (TPSA) is 75.6 Å². The van der Waals surface area contributed by atoms with Crippen LogP contribution in [0.2, 0.25) is 0 Å². The number of carbonyl (C=O) groups excluding carboxylic acids is 1. The largest absolute Gasteiger partial charge is 0.465 e. The van der Waals surface area contributed by atoms with Crippen LogP contribution < -0.4 is 5.32 Å². The first-order valence-electron chi connectivity index (χ1n) is 4.33. The zero-order valence-corrected chi connectivity index (χ0v) is 9.12. The number of ketones is 1. The standard InChI is InChI=1S/C8H12BrNO4/c9-3-6(11)7-2-1-5(4-14-7)10-8(12)13/h5,7,10H,1-4H2,(H,12,13)/t5-,7+/m1/s1. The quantitative estimate of drug-likeness (QED) is 0.740. The van der Waals surface area contributed by atoms with Gasteiger partial charge in [-0.05, 0) is 12.8 Å². The Morgan fingerprint density at radius 3 is 2.64 bits per heavy atom. The summed E-state index contributed by atoms with van der Waals surface area (Å²) in [4.78, 5) is 21.5. The Hall–Kier alpha value is -0.620. The Morgan fingerprint density at radius 1 is 1.50 bits per heavy atom. The maximum absolute atomic E-state index is 11.2. The number of Topliss-reactive ketones (excluding diaryl/α,β-unsaturated/α-hetero) is 1. The third-order valence-electron chi connectivity index (χ3n) is 2.09. The number of nitrogens with one attached hydrogen (secondary N) is 1. The Bertz CT molecular complexity index is 225. The molecule has 0 bridgehead atoms. The summed E-state index contributed by atoms with van der Waals surface area (Å²) in [6.45, 7) is 0.274. The number of rotatable bonds is 3. The van der Waals surface area contributed by atoms with Gasteiger partial charge in [0.05, 0.1) is 18.0 Å². The minimum atomic E-state index is -1.05. The number of ether oxygens (including phenoxy) is 1. The summed E-state index contributed by atoms with van der Waals surface area (Å²) in [6.07, 6.45) is -0.199. The molecular weight excluding hydrogens is 254 g/mol. The van der Waals surface area contributed by atoms with Crippen molar-refractivity contribution in [2.75, 3.05) is 11.9 Å². The Labute approximate surface area is 89.9 Å². The van der Waals surface area contributed by atoms with E-state index in [0.29, 0.717) is 12.8 Å². The molecule has 0 aliphatic carbocycles. The lowest BCUT2D eigenvalue weighted by atomic mass is 10.0. The Kier molecular flexibility index (Phi) is 4.34. The molecular formula is C8H12BrNO4. The van der Waals surface area contributed by atoms with E-state index in [1.54, 1.807) is 0 Å².